The van der Waals surface area contributed by atoms with Gasteiger partial charge in [-0.25, -0.2) is 0 Å². The second-order valence-electron chi connectivity index (χ2n) is 3.86. The SMILES string of the molecule is Cc1ccc(C(C)(C)C(N)=S)cc1. The van der Waals surface area contributed by atoms with Crippen LogP contribution in [0.4, 0.5) is 0 Å². The van der Waals surface area contributed by atoms with Gasteiger partial charge >= 0.3 is 0 Å². The fraction of sp³-hybridized carbons (Fsp3) is 0.364. The van der Waals surface area contributed by atoms with Gasteiger partial charge in [-0.15, -0.1) is 0 Å². The third kappa shape index (κ3) is 2.07. The molecule has 0 aromatic heterocycles. The maximum Gasteiger partial charge on any atom is 0.0828 e. The highest BCUT2D eigenvalue weighted by Crippen LogP contribution is 2.23. The van der Waals surface area contributed by atoms with Crippen LogP contribution in [0, 0.1) is 6.92 Å². The Morgan fingerprint density at radius 2 is 1.69 bits per heavy atom. The second-order valence-corrected chi connectivity index (χ2v) is 4.30. The molecular formula is C11H15NS. The third-order valence-electron chi connectivity index (χ3n) is 2.39. The molecule has 0 atom stereocenters. The Bertz CT molecular complexity index is 311. The molecule has 0 bridgehead atoms. The molecule has 1 aromatic carbocycles. The van der Waals surface area contributed by atoms with Gasteiger partial charge in [0.2, 0.25) is 0 Å². The van der Waals surface area contributed by atoms with Crippen molar-refractivity contribution in [2.45, 2.75) is 26.2 Å². The predicted molar refractivity (Wildman–Crippen MR) is 61.0 cm³/mol. The summed E-state index contributed by atoms with van der Waals surface area (Å²) < 4.78 is 0. The van der Waals surface area contributed by atoms with Crippen molar-refractivity contribution in [3.63, 3.8) is 0 Å². The van der Waals surface area contributed by atoms with E-state index < -0.39 is 0 Å². The average molecular weight is 193 g/mol. The first-order valence-corrected chi connectivity index (χ1v) is 4.72. The minimum absolute atomic E-state index is 0.205. The Morgan fingerprint density at radius 1 is 1.23 bits per heavy atom. The summed E-state index contributed by atoms with van der Waals surface area (Å²) in [6.07, 6.45) is 0. The molecule has 0 saturated carbocycles. The van der Waals surface area contributed by atoms with E-state index in [2.05, 4.69) is 31.2 Å². The average Bonchev–Trinajstić information content (AvgIpc) is 2.04. The van der Waals surface area contributed by atoms with Crippen LogP contribution in [0.3, 0.4) is 0 Å². The molecular weight excluding hydrogens is 178 g/mol. The highest BCUT2D eigenvalue weighted by molar-refractivity contribution is 7.80. The van der Waals surface area contributed by atoms with Crippen LogP contribution in [0.5, 0.6) is 0 Å². The zero-order chi connectivity index (χ0) is 10.1. The summed E-state index contributed by atoms with van der Waals surface area (Å²) in [6, 6.07) is 8.31. The van der Waals surface area contributed by atoms with Gasteiger partial charge in [-0.05, 0) is 26.3 Å². The predicted octanol–water partition coefficient (Wildman–Crippen LogP) is 2.56. The molecule has 0 radical (unpaired) electrons. The van der Waals surface area contributed by atoms with Crippen molar-refractivity contribution in [1.29, 1.82) is 0 Å². The molecule has 0 aliphatic rings. The molecule has 1 rings (SSSR count). The smallest absolute Gasteiger partial charge is 0.0828 e. The molecule has 0 fully saturated rings. The Balaban J connectivity index is 3.08. The van der Waals surface area contributed by atoms with Crippen LogP contribution in [0.1, 0.15) is 25.0 Å². The molecule has 0 spiro atoms. The van der Waals surface area contributed by atoms with Gasteiger partial charge in [-0.3, -0.25) is 0 Å². The van der Waals surface area contributed by atoms with Gasteiger partial charge in [0, 0.05) is 5.41 Å². The summed E-state index contributed by atoms with van der Waals surface area (Å²) in [4.78, 5) is 0.538. The van der Waals surface area contributed by atoms with E-state index in [1.165, 1.54) is 11.1 Å². The molecule has 0 unspecified atom stereocenters. The summed E-state index contributed by atoms with van der Waals surface area (Å²) in [5, 5.41) is 0. The van der Waals surface area contributed by atoms with Gasteiger partial charge in [-0.2, -0.15) is 0 Å². The Labute approximate surface area is 85.0 Å². The summed E-state index contributed by atoms with van der Waals surface area (Å²) in [7, 11) is 0. The first kappa shape index (κ1) is 10.2. The van der Waals surface area contributed by atoms with E-state index in [-0.39, 0.29) is 5.41 Å². The van der Waals surface area contributed by atoms with E-state index in [9.17, 15) is 0 Å². The lowest BCUT2D eigenvalue weighted by Gasteiger charge is -2.23. The topological polar surface area (TPSA) is 26.0 Å². The van der Waals surface area contributed by atoms with E-state index in [0.29, 0.717) is 4.99 Å². The molecule has 0 aliphatic heterocycles. The molecule has 1 nitrogen and oxygen atoms in total. The highest BCUT2D eigenvalue weighted by atomic mass is 32.1. The van der Waals surface area contributed by atoms with Crippen LogP contribution in [0.25, 0.3) is 0 Å². The maximum absolute atomic E-state index is 5.67. The molecule has 0 heterocycles. The standard InChI is InChI=1S/C11H15NS/c1-8-4-6-9(7-5-8)11(2,3)10(12)13/h4-7H,1-3H3,(H2,12,13). The van der Waals surface area contributed by atoms with E-state index in [1.54, 1.807) is 0 Å². The van der Waals surface area contributed by atoms with Gasteiger partial charge in [-0.1, -0.05) is 42.0 Å². The molecule has 1 aromatic rings. The minimum Gasteiger partial charge on any atom is -0.393 e. The number of aryl methyl sites for hydroxylation is 1. The van der Waals surface area contributed by atoms with Gasteiger partial charge in [0.05, 0.1) is 4.99 Å². The number of thiocarbonyl (C=S) groups is 1. The Morgan fingerprint density at radius 3 is 2.08 bits per heavy atom. The number of nitrogens with two attached hydrogens (primary N) is 1. The second kappa shape index (κ2) is 3.46. The molecule has 13 heavy (non-hydrogen) atoms. The van der Waals surface area contributed by atoms with Crippen LogP contribution in [0.15, 0.2) is 24.3 Å². The van der Waals surface area contributed by atoms with Crippen LogP contribution in [-0.4, -0.2) is 4.99 Å². The largest absolute Gasteiger partial charge is 0.393 e. The third-order valence-corrected chi connectivity index (χ3v) is 2.90. The molecule has 2 N–H and O–H groups in total. The lowest BCUT2D eigenvalue weighted by atomic mass is 9.84. The molecule has 2 heteroatoms. The Kier molecular flexibility index (Phi) is 2.71. The zero-order valence-electron chi connectivity index (χ0n) is 8.29. The fourth-order valence-corrected chi connectivity index (χ4v) is 1.23. The van der Waals surface area contributed by atoms with E-state index in [4.69, 9.17) is 18.0 Å². The van der Waals surface area contributed by atoms with Crippen molar-refractivity contribution in [2.75, 3.05) is 0 Å². The van der Waals surface area contributed by atoms with Crippen LogP contribution >= 0.6 is 12.2 Å². The van der Waals surface area contributed by atoms with Gasteiger partial charge in [0.25, 0.3) is 0 Å². The Hall–Kier alpha value is -0.890. The van der Waals surface area contributed by atoms with Gasteiger partial charge in [0.1, 0.15) is 0 Å². The van der Waals surface area contributed by atoms with Crippen molar-refractivity contribution in [2.24, 2.45) is 5.73 Å². The summed E-state index contributed by atoms with van der Waals surface area (Å²) in [5.74, 6) is 0. The maximum atomic E-state index is 5.67. The van der Waals surface area contributed by atoms with Crippen molar-refractivity contribution >= 4 is 17.2 Å². The molecule has 0 saturated heterocycles. The molecule has 70 valence electrons. The lowest BCUT2D eigenvalue weighted by molar-refractivity contribution is 0.722. The van der Waals surface area contributed by atoms with Gasteiger partial charge in [0.15, 0.2) is 0 Å². The minimum atomic E-state index is -0.205. The summed E-state index contributed by atoms with van der Waals surface area (Å²) >= 11 is 5.02. The lowest BCUT2D eigenvalue weighted by Crippen LogP contribution is -2.33. The van der Waals surface area contributed by atoms with E-state index in [0.717, 1.165) is 0 Å². The van der Waals surface area contributed by atoms with E-state index in [1.807, 2.05) is 13.8 Å². The molecule has 0 aliphatic carbocycles. The van der Waals surface area contributed by atoms with Crippen LogP contribution < -0.4 is 5.73 Å². The number of hydrogen-bond donors (Lipinski definition) is 1. The number of hydrogen-bond acceptors (Lipinski definition) is 1. The quantitative estimate of drug-likeness (QED) is 0.730. The number of benzene rings is 1. The highest BCUT2D eigenvalue weighted by Gasteiger charge is 2.23. The van der Waals surface area contributed by atoms with Crippen LogP contribution in [-0.2, 0) is 5.41 Å². The molecule has 0 amide bonds. The number of rotatable bonds is 2. The normalized spacial score (nSPS) is 11.3. The van der Waals surface area contributed by atoms with Gasteiger partial charge < -0.3 is 5.73 Å². The fourth-order valence-electron chi connectivity index (χ4n) is 1.11. The van der Waals surface area contributed by atoms with Crippen molar-refractivity contribution < 1.29 is 0 Å². The van der Waals surface area contributed by atoms with Crippen molar-refractivity contribution in [3.05, 3.63) is 35.4 Å². The zero-order valence-corrected chi connectivity index (χ0v) is 9.11. The van der Waals surface area contributed by atoms with Crippen LogP contribution in [0.2, 0.25) is 0 Å². The summed E-state index contributed by atoms with van der Waals surface area (Å²) in [6.45, 7) is 6.15. The first-order valence-electron chi connectivity index (χ1n) is 4.31. The van der Waals surface area contributed by atoms with E-state index >= 15 is 0 Å². The summed E-state index contributed by atoms with van der Waals surface area (Å²) in [5.41, 5.74) is 7.89. The van der Waals surface area contributed by atoms with Crippen molar-refractivity contribution in [3.8, 4) is 0 Å². The monoisotopic (exact) mass is 193 g/mol. The van der Waals surface area contributed by atoms with Crippen molar-refractivity contribution in [1.82, 2.24) is 0 Å². The first-order chi connectivity index (χ1) is 5.94.